The number of carboxylic acids is 1. The maximum absolute atomic E-state index is 10.6. The number of rotatable bonds is 5. The molecule has 0 amide bonds. The normalized spacial score (nSPS) is 10.6. The second-order valence-corrected chi connectivity index (χ2v) is 4.81. The van der Waals surface area contributed by atoms with Crippen LogP contribution in [-0.4, -0.2) is 28.0 Å². The third kappa shape index (κ3) is 2.93. The Morgan fingerprint density at radius 2 is 2.25 bits per heavy atom. The van der Waals surface area contributed by atoms with E-state index < -0.39 is 5.97 Å². The number of halogens is 1. The van der Waals surface area contributed by atoms with E-state index in [0.717, 1.165) is 16.9 Å². The molecule has 0 aliphatic carbocycles. The summed E-state index contributed by atoms with van der Waals surface area (Å²) in [4.78, 5) is 10.6. The zero-order valence-electron chi connectivity index (χ0n) is 11.3. The molecule has 2 rings (SSSR count). The van der Waals surface area contributed by atoms with Gasteiger partial charge < -0.3 is 9.84 Å². The summed E-state index contributed by atoms with van der Waals surface area (Å²) in [5.41, 5.74) is 2.51. The Kier molecular flexibility index (Phi) is 4.29. The van der Waals surface area contributed by atoms with E-state index in [1.807, 2.05) is 6.92 Å². The molecule has 0 radical (unpaired) electrons. The van der Waals surface area contributed by atoms with Gasteiger partial charge in [0.1, 0.15) is 11.4 Å². The second kappa shape index (κ2) is 5.96. The van der Waals surface area contributed by atoms with Gasteiger partial charge in [-0.3, -0.25) is 4.79 Å². The fourth-order valence-corrected chi connectivity index (χ4v) is 2.17. The maximum atomic E-state index is 10.6. The van der Waals surface area contributed by atoms with Crippen LogP contribution in [0.1, 0.15) is 17.7 Å². The van der Waals surface area contributed by atoms with Crippen molar-refractivity contribution >= 4 is 17.6 Å². The second-order valence-electron chi connectivity index (χ2n) is 4.38. The number of methoxy groups -OCH3 is 1. The smallest absolute Gasteiger partial charge is 0.303 e. The Hall–Kier alpha value is -2.01. The zero-order valence-corrected chi connectivity index (χ0v) is 12.0. The lowest BCUT2D eigenvalue weighted by atomic mass is 10.1. The SMILES string of the molecule is COc1ccc(Cl)cc1-n1ncc(CCC(=O)O)c1C. The lowest BCUT2D eigenvalue weighted by molar-refractivity contribution is -0.136. The number of hydrogen-bond acceptors (Lipinski definition) is 3. The minimum atomic E-state index is -0.822. The minimum absolute atomic E-state index is 0.0826. The largest absolute Gasteiger partial charge is 0.494 e. The molecule has 106 valence electrons. The van der Waals surface area contributed by atoms with E-state index in [1.54, 1.807) is 36.2 Å². The van der Waals surface area contributed by atoms with Crippen molar-refractivity contribution < 1.29 is 14.6 Å². The molecule has 0 unspecified atom stereocenters. The van der Waals surface area contributed by atoms with Gasteiger partial charge in [-0.05, 0) is 37.1 Å². The van der Waals surface area contributed by atoms with Crippen LogP contribution in [0.4, 0.5) is 0 Å². The fourth-order valence-electron chi connectivity index (χ4n) is 2.00. The summed E-state index contributed by atoms with van der Waals surface area (Å²) >= 11 is 6.01. The van der Waals surface area contributed by atoms with Crippen LogP contribution in [0.3, 0.4) is 0 Å². The highest BCUT2D eigenvalue weighted by Gasteiger charge is 2.13. The number of aryl methyl sites for hydroxylation is 1. The highest BCUT2D eigenvalue weighted by atomic mass is 35.5. The quantitative estimate of drug-likeness (QED) is 0.921. The first kappa shape index (κ1) is 14.4. The Labute approximate surface area is 121 Å². The molecule has 0 saturated heterocycles. The summed E-state index contributed by atoms with van der Waals surface area (Å²) in [6, 6.07) is 5.28. The van der Waals surface area contributed by atoms with Crippen molar-refractivity contribution in [1.29, 1.82) is 0 Å². The van der Waals surface area contributed by atoms with E-state index >= 15 is 0 Å². The van der Waals surface area contributed by atoms with Gasteiger partial charge in [0.25, 0.3) is 0 Å². The summed E-state index contributed by atoms with van der Waals surface area (Å²) < 4.78 is 7.01. The molecule has 1 aromatic heterocycles. The van der Waals surface area contributed by atoms with Gasteiger partial charge in [-0.25, -0.2) is 4.68 Å². The molecule has 20 heavy (non-hydrogen) atoms. The number of carboxylic acid groups (broad SMARTS) is 1. The van der Waals surface area contributed by atoms with Gasteiger partial charge in [-0.15, -0.1) is 0 Å². The monoisotopic (exact) mass is 294 g/mol. The van der Waals surface area contributed by atoms with E-state index in [1.165, 1.54) is 0 Å². The van der Waals surface area contributed by atoms with Gasteiger partial charge in [-0.1, -0.05) is 11.6 Å². The number of hydrogen-bond donors (Lipinski definition) is 1. The Morgan fingerprint density at radius 1 is 1.50 bits per heavy atom. The number of aliphatic carboxylic acids is 1. The van der Waals surface area contributed by atoms with Crippen LogP contribution < -0.4 is 4.74 Å². The summed E-state index contributed by atoms with van der Waals surface area (Å²) in [6.45, 7) is 1.89. The average Bonchev–Trinajstić information content (AvgIpc) is 2.77. The first-order chi connectivity index (χ1) is 9.52. The van der Waals surface area contributed by atoms with Crippen molar-refractivity contribution in [1.82, 2.24) is 9.78 Å². The van der Waals surface area contributed by atoms with E-state index in [-0.39, 0.29) is 6.42 Å². The number of nitrogens with zero attached hydrogens (tertiary/aromatic N) is 2. The highest BCUT2D eigenvalue weighted by Crippen LogP contribution is 2.27. The predicted molar refractivity (Wildman–Crippen MR) is 75.8 cm³/mol. The summed E-state index contributed by atoms with van der Waals surface area (Å²) in [5.74, 6) is -0.164. The van der Waals surface area contributed by atoms with Crippen LogP contribution in [0.2, 0.25) is 5.02 Å². The van der Waals surface area contributed by atoms with Crippen LogP contribution in [0.25, 0.3) is 5.69 Å². The van der Waals surface area contributed by atoms with E-state index in [2.05, 4.69) is 5.10 Å². The molecular formula is C14H15ClN2O3. The molecule has 0 aliphatic rings. The van der Waals surface area contributed by atoms with Crippen molar-refractivity contribution in [3.05, 3.63) is 40.7 Å². The summed E-state index contributed by atoms with van der Waals surface area (Å²) in [7, 11) is 1.58. The third-order valence-electron chi connectivity index (χ3n) is 3.09. The summed E-state index contributed by atoms with van der Waals surface area (Å²) in [5, 5.41) is 13.6. The molecule has 2 aromatic rings. The number of ether oxygens (including phenoxy) is 1. The van der Waals surface area contributed by atoms with Crippen LogP contribution in [-0.2, 0) is 11.2 Å². The summed E-state index contributed by atoms with van der Waals surface area (Å²) in [6.07, 6.45) is 2.21. The molecule has 5 nitrogen and oxygen atoms in total. The van der Waals surface area contributed by atoms with Gasteiger partial charge in [0, 0.05) is 17.1 Å². The molecule has 1 N–H and O–H groups in total. The van der Waals surface area contributed by atoms with Crippen molar-refractivity contribution in [3.63, 3.8) is 0 Å². The van der Waals surface area contributed by atoms with Crippen LogP contribution in [0.5, 0.6) is 5.75 Å². The molecule has 1 aromatic carbocycles. The third-order valence-corrected chi connectivity index (χ3v) is 3.32. The number of carbonyl (C=O) groups is 1. The number of aromatic nitrogens is 2. The molecule has 0 bridgehead atoms. The molecule has 0 fully saturated rings. The van der Waals surface area contributed by atoms with Gasteiger partial charge >= 0.3 is 5.97 Å². The molecule has 1 heterocycles. The number of benzene rings is 1. The zero-order chi connectivity index (χ0) is 14.7. The van der Waals surface area contributed by atoms with Crippen LogP contribution in [0.15, 0.2) is 24.4 Å². The predicted octanol–water partition coefficient (Wildman–Crippen LogP) is 2.86. The van der Waals surface area contributed by atoms with Crippen molar-refractivity contribution in [2.45, 2.75) is 19.8 Å². The highest BCUT2D eigenvalue weighted by molar-refractivity contribution is 6.30. The molecule has 0 aliphatic heterocycles. The molecular weight excluding hydrogens is 280 g/mol. The van der Waals surface area contributed by atoms with Crippen LogP contribution in [0, 0.1) is 6.92 Å². The topological polar surface area (TPSA) is 64.4 Å². The first-order valence-corrected chi connectivity index (χ1v) is 6.50. The first-order valence-electron chi connectivity index (χ1n) is 6.12. The Bertz CT molecular complexity index is 637. The molecule has 0 spiro atoms. The Morgan fingerprint density at radius 3 is 2.90 bits per heavy atom. The van der Waals surface area contributed by atoms with Crippen LogP contribution >= 0.6 is 11.6 Å². The maximum Gasteiger partial charge on any atom is 0.303 e. The molecule has 0 atom stereocenters. The molecule has 0 saturated carbocycles. The van der Waals surface area contributed by atoms with Crippen molar-refractivity contribution in [2.75, 3.05) is 7.11 Å². The van der Waals surface area contributed by atoms with Crippen molar-refractivity contribution in [2.24, 2.45) is 0 Å². The lowest BCUT2D eigenvalue weighted by Gasteiger charge is -2.11. The fraction of sp³-hybridized carbons (Fsp3) is 0.286. The average molecular weight is 295 g/mol. The van der Waals surface area contributed by atoms with Gasteiger partial charge in [0.2, 0.25) is 0 Å². The van der Waals surface area contributed by atoms with E-state index in [0.29, 0.717) is 17.2 Å². The van der Waals surface area contributed by atoms with Crippen molar-refractivity contribution in [3.8, 4) is 11.4 Å². The van der Waals surface area contributed by atoms with E-state index in [4.69, 9.17) is 21.4 Å². The lowest BCUT2D eigenvalue weighted by Crippen LogP contribution is -2.03. The van der Waals surface area contributed by atoms with Gasteiger partial charge in [-0.2, -0.15) is 5.10 Å². The van der Waals surface area contributed by atoms with Gasteiger partial charge in [0.15, 0.2) is 0 Å². The standard InChI is InChI=1S/C14H15ClN2O3/c1-9-10(3-6-14(18)19)8-16-17(9)12-7-11(15)4-5-13(12)20-2/h4-5,7-8H,3,6H2,1-2H3,(H,18,19). The minimum Gasteiger partial charge on any atom is -0.494 e. The Balaban J connectivity index is 2.39. The van der Waals surface area contributed by atoms with E-state index in [9.17, 15) is 4.79 Å². The molecule has 6 heteroatoms. The van der Waals surface area contributed by atoms with Gasteiger partial charge in [0.05, 0.1) is 13.3 Å².